The number of hydrogen-bond acceptors (Lipinski definition) is 6. The zero-order valence-electron chi connectivity index (χ0n) is 8.91. The molecule has 2 rings (SSSR count). The molecule has 0 saturated carbocycles. The molecule has 0 aliphatic carbocycles. The van der Waals surface area contributed by atoms with Crippen LogP contribution in [0.3, 0.4) is 0 Å². The maximum atomic E-state index is 5.70. The van der Waals surface area contributed by atoms with E-state index in [-0.39, 0.29) is 0 Å². The van der Waals surface area contributed by atoms with Crippen molar-refractivity contribution in [3.63, 3.8) is 0 Å². The van der Waals surface area contributed by atoms with Crippen LogP contribution in [-0.4, -0.2) is 26.0 Å². The van der Waals surface area contributed by atoms with Gasteiger partial charge in [-0.1, -0.05) is 23.5 Å². The molecule has 0 unspecified atom stereocenters. The number of aryl methyl sites for hydroxylation is 1. The van der Waals surface area contributed by atoms with Crippen molar-refractivity contribution in [2.24, 2.45) is 7.05 Å². The topological polar surface area (TPSA) is 69.6 Å². The Balaban J connectivity index is 2.24. The molecular formula is C9H11N5S2. The van der Waals surface area contributed by atoms with E-state index in [9.17, 15) is 0 Å². The third-order valence-electron chi connectivity index (χ3n) is 1.79. The monoisotopic (exact) mass is 253 g/mol. The smallest absolute Gasteiger partial charge is 0.190 e. The normalized spacial score (nSPS) is 10.6. The van der Waals surface area contributed by atoms with Crippen molar-refractivity contribution in [1.82, 2.24) is 19.7 Å². The second-order valence-electron chi connectivity index (χ2n) is 3.07. The molecule has 0 radical (unpaired) electrons. The molecule has 5 nitrogen and oxygen atoms in total. The van der Waals surface area contributed by atoms with Gasteiger partial charge in [0.1, 0.15) is 10.8 Å². The van der Waals surface area contributed by atoms with Crippen LogP contribution >= 0.6 is 23.5 Å². The molecule has 16 heavy (non-hydrogen) atoms. The van der Waals surface area contributed by atoms with Crippen LogP contribution < -0.4 is 5.73 Å². The molecular weight excluding hydrogens is 242 g/mol. The second-order valence-corrected chi connectivity index (χ2v) is 4.94. The van der Waals surface area contributed by atoms with Gasteiger partial charge in [-0.2, -0.15) is 5.10 Å². The molecule has 0 spiro atoms. The maximum absolute atomic E-state index is 5.70. The molecule has 7 heteroatoms. The number of anilines is 1. The standard InChI is InChI=1S/C9H11N5S2/c1-14-5-6(4-11-14)16-8-3-7(10)12-9(13-8)15-2/h3-5H,1-2H3,(H2,10,12,13). The Morgan fingerprint density at radius 3 is 2.81 bits per heavy atom. The maximum Gasteiger partial charge on any atom is 0.190 e. The lowest BCUT2D eigenvalue weighted by Crippen LogP contribution is -1.95. The zero-order chi connectivity index (χ0) is 11.5. The lowest BCUT2D eigenvalue weighted by Gasteiger charge is -2.01. The van der Waals surface area contributed by atoms with E-state index in [1.807, 2.05) is 19.5 Å². The van der Waals surface area contributed by atoms with Crippen LogP contribution in [0.15, 0.2) is 33.5 Å². The minimum Gasteiger partial charge on any atom is -0.384 e. The molecule has 0 aliphatic heterocycles. The molecule has 0 aliphatic rings. The second kappa shape index (κ2) is 4.75. The molecule has 0 fully saturated rings. The van der Waals surface area contributed by atoms with E-state index in [1.165, 1.54) is 23.5 Å². The molecule has 2 aromatic rings. The van der Waals surface area contributed by atoms with E-state index in [0.717, 1.165) is 9.92 Å². The summed E-state index contributed by atoms with van der Waals surface area (Å²) >= 11 is 3.00. The van der Waals surface area contributed by atoms with Crippen LogP contribution in [0.5, 0.6) is 0 Å². The van der Waals surface area contributed by atoms with Crippen molar-refractivity contribution in [1.29, 1.82) is 0 Å². The van der Waals surface area contributed by atoms with Crippen molar-refractivity contribution in [2.45, 2.75) is 15.1 Å². The number of aromatic nitrogens is 4. The summed E-state index contributed by atoms with van der Waals surface area (Å²) in [6.07, 6.45) is 5.65. The van der Waals surface area contributed by atoms with Gasteiger partial charge in [-0.25, -0.2) is 9.97 Å². The first kappa shape index (κ1) is 11.3. The number of nitrogens with two attached hydrogens (primary N) is 1. The summed E-state index contributed by atoms with van der Waals surface area (Å²) in [5, 5.41) is 5.62. The average Bonchev–Trinajstić information content (AvgIpc) is 2.63. The van der Waals surface area contributed by atoms with E-state index < -0.39 is 0 Å². The Morgan fingerprint density at radius 1 is 1.38 bits per heavy atom. The lowest BCUT2D eigenvalue weighted by atomic mass is 10.6. The van der Waals surface area contributed by atoms with Crippen molar-refractivity contribution in [3.05, 3.63) is 18.5 Å². The molecule has 0 amide bonds. The first-order chi connectivity index (χ1) is 7.67. The summed E-state index contributed by atoms with van der Waals surface area (Å²) in [7, 11) is 1.88. The highest BCUT2D eigenvalue weighted by Gasteiger charge is 2.05. The van der Waals surface area contributed by atoms with E-state index in [0.29, 0.717) is 11.0 Å². The summed E-state index contributed by atoms with van der Waals surface area (Å²) < 4.78 is 1.75. The average molecular weight is 253 g/mol. The quantitative estimate of drug-likeness (QED) is 0.510. The zero-order valence-corrected chi connectivity index (χ0v) is 10.5. The number of hydrogen-bond donors (Lipinski definition) is 1. The van der Waals surface area contributed by atoms with Crippen LogP contribution in [0, 0.1) is 0 Å². The number of thioether (sulfide) groups is 1. The van der Waals surface area contributed by atoms with Gasteiger partial charge in [-0.3, -0.25) is 4.68 Å². The fraction of sp³-hybridized carbons (Fsp3) is 0.222. The highest BCUT2D eigenvalue weighted by Crippen LogP contribution is 2.27. The van der Waals surface area contributed by atoms with E-state index >= 15 is 0 Å². The highest BCUT2D eigenvalue weighted by molar-refractivity contribution is 7.99. The molecule has 0 aromatic carbocycles. The van der Waals surface area contributed by atoms with Gasteiger partial charge in [0.25, 0.3) is 0 Å². The Morgan fingerprint density at radius 2 is 2.19 bits per heavy atom. The van der Waals surface area contributed by atoms with Crippen LogP contribution in [0.2, 0.25) is 0 Å². The van der Waals surface area contributed by atoms with Gasteiger partial charge in [0.05, 0.1) is 11.1 Å². The van der Waals surface area contributed by atoms with Gasteiger partial charge in [-0.15, -0.1) is 0 Å². The van der Waals surface area contributed by atoms with Gasteiger partial charge in [0, 0.05) is 19.3 Å². The molecule has 0 atom stereocenters. The Bertz CT molecular complexity index is 496. The Hall–Kier alpha value is -1.21. The van der Waals surface area contributed by atoms with Crippen molar-refractivity contribution in [3.8, 4) is 0 Å². The lowest BCUT2D eigenvalue weighted by molar-refractivity contribution is 0.766. The number of nitrogens with zero attached hydrogens (tertiary/aromatic N) is 4. The predicted molar refractivity (Wildman–Crippen MR) is 65.6 cm³/mol. The highest BCUT2D eigenvalue weighted by atomic mass is 32.2. The van der Waals surface area contributed by atoms with Gasteiger partial charge in [0.2, 0.25) is 0 Å². The molecule has 0 saturated heterocycles. The van der Waals surface area contributed by atoms with E-state index in [1.54, 1.807) is 16.9 Å². The van der Waals surface area contributed by atoms with Crippen LogP contribution in [0.4, 0.5) is 5.82 Å². The van der Waals surface area contributed by atoms with Crippen molar-refractivity contribution < 1.29 is 0 Å². The minimum absolute atomic E-state index is 0.491. The molecule has 2 N–H and O–H groups in total. The third kappa shape index (κ3) is 2.67. The summed E-state index contributed by atoms with van der Waals surface area (Å²) in [6.45, 7) is 0. The summed E-state index contributed by atoms with van der Waals surface area (Å²) in [5.74, 6) is 0.491. The number of nitrogen functional groups attached to an aromatic ring is 1. The van der Waals surface area contributed by atoms with Crippen molar-refractivity contribution in [2.75, 3.05) is 12.0 Å². The van der Waals surface area contributed by atoms with Gasteiger partial charge < -0.3 is 5.73 Å². The fourth-order valence-corrected chi connectivity index (χ4v) is 2.44. The first-order valence-corrected chi connectivity index (χ1v) is 6.56. The summed E-state index contributed by atoms with van der Waals surface area (Å²) in [6, 6.07) is 1.76. The SMILES string of the molecule is CSc1nc(N)cc(Sc2cnn(C)c2)n1. The van der Waals surface area contributed by atoms with Gasteiger partial charge in [0.15, 0.2) is 5.16 Å². The largest absolute Gasteiger partial charge is 0.384 e. The minimum atomic E-state index is 0.491. The first-order valence-electron chi connectivity index (χ1n) is 4.52. The van der Waals surface area contributed by atoms with E-state index in [4.69, 9.17) is 5.73 Å². The van der Waals surface area contributed by atoms with Crippen molar-refractivity contribution >= 4 is 29.3 Å². The molecule has 84 valence electrons. The Kier molecular flexibility index (Phi) is 3.35. The Labute approximate surface area is 102 Å². The predicted octanol–water partition coefficient (Wildman–Crippen LogP) is 1.67. The van der Waals surface area contributed by atoms with Gasteiger partial charge >= 0.3 is 0 Å². The fourth-order valence-electron chi connectivity index (χ4n) is 1.14. The molecule has 2 aromatic heterocycles. The van der Waals surface area contributed by atoms with Crippen LogP contribution in [-0.2, 0) is 7.05 Å². The summed E-state index contributed by atoms with van der Waals surface area (Å²) in [4.78, 5) is 9.48. The molecule has 0 bridgehead atoms. The van der Waals surface area contributed by atoms with Crippen LogP contribution in [0.1, 0.15) is 0 Å². The number of rotatable bonds is 3. The van der Waals surface area contributed by atoms with Gasteiger partial charge in [-0.05, 0) is 6.26 Å². The summed E-state index contributed by atoms with van der Waals surface area (Å²) in [5.41, 5.74) is 5.70. The third-order valence-corrected chi connectivity index (χ3v) is 3.20. The molecule has 2 heterocycles. The van der Waals surface area contributed by atoms with Crippen LogP contribution in [0.25, 0.3) is 0 Å². The van der Waals surface area contributed by atoms with E-state index in [2.05, 4.69) is 15.1 Å².